The maximum absolute atomic E-state index is 3.84. The van der Waals surface area contributed by atoms with Crippen molar-refractivity contribution in [3.8, 4) is 0 Å². The molecule has 0 nitrogen and oxygen atoms in total. The molecule has 0 fully saturated rings. The maximum atomic E-state index is 3.84. The van der Waals surface area contributed by atoms with Gasteiger partial charge in [0, 0.05) is 0 Å². The molecule has 0 N–H and O–H groups in total. The van der Waals surface area contributed by atoms with E-state index in [2.05, 4.69) is 13.8 Å². The largest absolute Gasteiger partial charge is 0.187 e. The molecule has 0 aromatic carbocycles. The average Bonchev–Trinajstić information content (AvgIpc) is 2.10. The van der Waals surface area contributed by atoms with E-state index in [-0.39, 0.29) is 17.4 Å². The van der Waals surface area contributed by atoms with Crippen molar-refractivity contribution in [3.63, 3.8) is 0 Å². The van der Waals surface area contributed by atoms with Gasteiger partial charge in [-0.3, -0.25) is 0 Å². The minimum Gasteiger partial charge on any atom is -0.0654 e. The molecule has 0 amide bonds. The lowest BCUT2D eigenvalue weighted by Crippen LogP contribution is -1.80. The predicted octanol–water partition coefficient (Wildman–Crippen LogP) is 3.56. The van der Waals surface area contributed by atoms with E-state index in [4.69, 9.17) is 0 Å². The quantitative estimate of drug-likeness (QED) is 0.393. The van der Waals surface area contributed by atoms with Crippen molar-refractivity contribution in [2.45, 2.75) is 71.1 Å². The first-order valence-electron chi connectivity index (χ1n) is 5.71. The standard InChI is InChI=1S/C12H25.Al.3H/c1-3-5-7-9-11-12-10-8-6-4-2;;;;/h1,3-12H2,2H3;;;;. The SMILES string of the molecule is [AlH3].[CH2]CCCCCCCCCCC. The molecule has 0 atom stereocenters. The molecular formula is C12H28Al. The Morgan fingerprint density at radius 2 is 1.08 bits per heavy atom. The first-order chi connectivity index (χ1) is 5.91. The van der Waals surface area contributed by atoms with Gasteiger partial charge in [0.25, 0.3) is 0 Å². The summed E-state index contributed by atoms with van der Waals surface area (Å²) in [6.07, 6.45) is 13.9. The lowest BCUT2D eigenvalue weighted by atomic mass is 10.1. The zero-order valence-corrected chi connectivity index (χ0v) is 8.78. The molecular weight excluding hydrogens is 171 g/mol. The summed E-state index contributed by atoms with van der Waals surface area (Å²) < 4.78 is 0. The molecule has 0 aromatic rings. The van der Waals surface area contributed by atoms with Gasteiger partial charge in [-0.1, -0.05) is 78.1 Å². The van der Waals surface area contributed by atoms with Crippen LogP contribution in [0.2, 0.25) is 0 Å². The zero-order valence-electron chi connectivity index (χ0n) is 8.78. The van der Waals surface area contributed by atoms with Gasteiger partial charge in [0.15, 0.2) is 17.4 Å². The average molecular weight is 199 g/mol. The van der Waals surface area contributed by atoms with Crippen LogP contribution >= 0.6 is 0 Å². The van der Waals surface area contributed by atoms with E-state index >= 15 is 0 Å². The molecule has 0 aliphatic rings. The van der Waals surface area contributed by atoms with Gasteiger partial charge in [0.1, 0.15) is 0 Å². The number of hydrogen-bond donors (Lipinski definition) is 0. The summed E-state index contributed by atoms with van der Waals surface area (Å²) in [5.74, 6) is 0. The fraction of sp³-hybridized carbons (Fsp3) is 0.917. The van der Waals surface area contributed by atoms with Crippen LogP contribution < -0.4 is 0 Å². The molecule has 0 saturated heterocycles. The zero-order chi connectivity index (χ0) is 9.07. The van der Waals surface area contributed by atoms with Crippen LogP contribution in [0.15, 0.2) is 0 Å². The van der Waals surface area contributed by atoms with Crippen molar-refractivity contribution >= 4 is 17.4 Å². The van der Waals surface area contributed by atoms with Gasteiger partial charge in [-0.05, 0) is 0 Å². The summed E-state index contributed by atoms with van der Waals surface area (Å²) in [4.78, 5) is 0. The van der Waals surface area contributed by atoms with Crippen molar-refractivity contribution in [1.82, 2.24) is 0 Å². The molecule has 0 saturated carbocycles. The van der Waals surface area contributed by atoms with Crippen LogP contribution in [0.3, 0.4) is 0 Å². The van der Waals surface area contributed by atoms with Crippen LogP contribution in [0.1, 0.15) is 71.1 Å². The molecule has 79 valence electrons. The molecule has 1 radical (unpaired) electrons. The first-order valence-corrected chi connectivity index (χ1v) is 5.71. The van der Waals surface area contributed by atoms with Gasteiger partial charge in [-0.15, -0.1) is 0 Å². The molecule has 0 rings (SSSR count). The highest BCUT2D eigenvalue weighted by atomic mass is 27.0. The van der Waals surface area contributed by atoms with Crippen LogP contribution in [0, 0.1) is 6.92 Å². The third kappa shape index (κ3) is 15.3. The minimum atomic E-state index is 0. The highest BCUT2D eigenvalue weighted by Crippen LogP contribution is 2.09. The Bertz CT molecular complexity index is 61.5. The number of hydrogen-bond acceptors (Lipinski definition) is 0. The summed E-state index contributed by atoms with van der Waals surface area (Å²) in [6, 6.07) is 0. The molecule has 0 unspecified atom stereocenters. The van der Waals surface area contributed by atoms with E-state index < -0.39 is 0 Å². The van der Waals surface area contributed by atoms with Crippen LogP contribution in [-0.2, 0) is 0 Å². The third-order valence-electron chi connectivity index (χ3n) is 2.35. The highest BCUT2D eigenvalue weighted by molar-refractivity contribution is 5.75. The Labute approximate surface area is 95.6 Å². The van der Waals surface area contributed by atoms with Gasteiger partial charge in [-0.25, -0.2) is 0 Å². The maximum Gasteiger partial charge on any atom is 0.187 e. The summed E-state index contributed by atoms with van der Waals surface area (Å²) in [5.41, 5.74) is 0. The van der Waals surface area contributed by atoms with E-state index in [0.29, 0.717) is 0 Å². The molecule has 0 aliphatic carbocycles. The van der Waals surface area contributed by atoms with Gasteiger partial charge < -0.3 is 0 Å². The first kappa shape index (κ1) is 16.0. The Kier molecular flexibility index (Phi) is 18.5. The normalized spacial score (nSPS) is 9.69. The van der Waals surface area contributed by atoms with Crippen molar-refractivity contribution in [1.29, 1.82) is 0 Å². The Morgan fingerprint density at radius 1 is 0.692 bits per heavy atom. The predicted molar refractivity (Wildman–Crippen MR) is 67.1 cm³/mol. The Balaban J connectivity index is 0. The Morgan fingerprint density at radius 3 is 1.46 bits per heavy atom. The molecule has 0 aliphatic heterocycles. The second-order valence-corrected chi connectivity index (χ2v) is 3.68. The van der Waals surface area contributed by atoms with Crippen LogP contribution in [0.25, 0.3) is 0 Å². The minimum absolute atomic E-state index is 0. The van der Waals surface area contributed by atoms with E-state index in [9.17, 15) is 0 Å². The third-order valence-corrected chi connectivity index (χ3v) is 2.35. The molecule has 0 heterocycles. The van der Waals surface area contributed by atoms with E-state index in [1.165, 1.54) is 57.8 Å². The summed E-state index contributed by atoms with van der Waals surface area (Å²) >= 11 is 0. The van der Waals surface area contributed by atoms with Gasteiger partial charge in [-0.2, -0.15) is 0 Å². The van der Waals surface area contributed by atoms with Crippen molar-refractivity contribution in [3.05, 3.63) is 6.92 Å². The van der Waals surface area contributed by atoms with E-state index in [0.717, 1.165) is 6.42 Å². The molecule has 0 aromatic heterocycles. The summed E-state index contributed by atoms with van der Waals surface area (Å²) in [6.45, 7) is 6.12. The highest BCUT2D eigenvalue weighted by Gasteiger charge is 1.90. The number of rotatable bonds is 9. The lowest BCUT2D eigenvalue weighted by molar-refractivity contribution is 0.566. The molecule has 13 heavy (non-hydrogen) atoms. The van der Waals surface area contributed by atoms with E-state index in [1.54, 1.807) is 0 Å². The van der Waals surface area contributed by atoms with Crippen molar-refractivity contribution in [2.75, 3.05) is 0 Å². The second kappa shape index (κ2) is 15.0. The summed E-state index contributed by atoms with van der Waals surface area (Å²) in [5, 5.41) is 0. The van der Waals surface area contributed by atoms with Crippen LogP contribution in [-0.4, -0.2) is 17.4 Å². The molecule has 0 spiro atoms. The van der Waals surface area contributed by atoms with Crippen molar-refractivity contribution in [2.24, 2.45) is 0 Å². The topological polar surface area (TPSA) is 0 Å². The lowest BCUT2D eigenvalue weighted by Gasteiger charge is -1.99. The van der Waals surface area contributed by atoms with Crippen molar-refractivity contribution < 1.29 is 0 Å². The molecule has 1 heteroatoms. The van der Waals surface area contributed by atoms with Gasteiger partial charge in [0.2, 0.25) is 0 Å². The fourth-order valence-corrected chi connectivity index (χ4v) is 1.49. The second-order valence-electron chi connectivity index (χ2n) is 3.68. The van der Waals surface area contributed by atoms with Crippen LogP contribution in [0.5, 0.6) is 0 Å². The Hall–Kier alpha value is 0.532. The van der Waals surface area contributed by atoms with E-state index in [1.807, 2.05) is 0 Å². The van der Waals surface area contributed by atoms with Gasteiger partial charge >= 0.3 is 0 Å². The molecule has 0 bridgehead atoms. The van der Waals surface area contributed by atoms with Gasteiger partial charge in [0.05, 0.1) is 0 Å². The van der Waals surface area contributed by atoms with Crippen LogP contribution in [0.4, 0.5) is 0 Å². The fourth-order valence-electron chi connectivity index (χ4n) is 1.49. The summed E-state index contributed by atoms with van der Waals surface area (Å²) in [7, 11) is 0. The smallest absolute Gasteiger partial charge is 0.0654 e. The monoisotopic (exact) mass is 199 g/mol. The number of unbranched alkanes of at least 4 members (excludes halogenated alkanes) is 9.